The van der Waals surface area contributed by atoms with Crippen LogP contribution in [0.5, 0.6) is 0 Å². The average Bonchev–Trinajstić information content (AvgIpc) is 2.97. The molecule has 1 unspecified atom stereocenters. The molecule has 0 spiro atoms. The third kappa shape index (κ3) is 3.39. The first-order chi connectivity index (χ1) is 11.0. The van der Waals surface area contributed by atoms with Crippen molar-refractivity contribution in [1.82, 2.24) is 10.2 Å². The van der Waals surface area contributed by atoms with Crippen molar-refractivity contribution in [1.29, 1.82) is 0 Å². The Hall–Kier alpha value is -1.88. The zero-order valence-electron chi connectivity index (χ0n) is 13.5. The molecule has 1 aliphatic carbocycles. The maximum atomic E-state index is 12.8. The Labute approximate surface area is 136 Å². The van der Waals surface area contributed by atoms with Crippen molar-refractivity contribution in [2.24, 2.45) is 5.92 Å². The van der Waals surface area contributed by atoms with Crippen molar-refractivity contribution in [3.8, 4) is 0 Å². The number of amides is 2. The highest BCUT2D eigenvalue weighted by Crippen LogP contribution is 2.31. The topological polar surface area (TPSA) is 69.6 Å². The van der Waals surface area contributed by atoms with Crippen LogP contribution in [-0.2, 0) is 22.4 Å². The lowest BCUT2D eigenvalue weighted by molar-refractivity contribution is -0.145. The van der Waals surface area contributed by atoms with Gasteiger partial charge < -0.3 is 15.3 Å². The Bertz CT molecular complexity index is 591. The van der Waals surface area contributed by atoms with Crippen LogP contribution in [0.25, 0.3) is 0 Å². The number of hydrogen-bond donors (Lipinski definition) is 2. The lowest BCUT2D eigenvalue weighted by Gasteiger charge is -2.39. The minimum Gasteiger partial charge on any atom is -0.388 e. The summed E-state index contributed by atoms with van der Waals surface area (Å²) in [7, 11) is 1.56. The Morgan fingerprint density at radius 3 is 2.57 bits per heavy atom. The van der Waals surface area contributed by atoms with E-state index in [1.165, 1.54) is 11.1 Å². The number of rotatable bonds is 3. The van der Waals surface area contributed by atoms with Crippen LogP contribution in [0.15, 0.2) is 24.3 Å². The van der Waals surface area contributed by atoms with Crippen molar-refractivity contribution in [3.05, 3.63) is 35.4 Å². The van der Waals surface area contributed by atoms with E-state index in [0.717, 1.165) is 19.3 Å². The minimum atomic E-state index is -1.10. The molecule has 2 amide bonds. The van der Waals surface area contributed by atoms with E-state index >= 15 is 0 Å². The van der Waals surface area contributed by atoms with Crippen molar-refractivity contribution in [2.75, 3.05) is 20.1 Å². The quantitative estimate of drug-likeness (QED) is 0.870. The largest absolute Gasteiger partial charge is 0.388 e. The molecule has 1 aromatic rings. The van der Waals surface area contributed by atoms with Crippen molar-refractivity contribution >= 4 is 11.8 Å². The Morgan fingerprint density at radius 1 is 1.30 bits per heavy atom. The molecule has 1 aliphatic heterocycles. The van der Waals surface area contributed by atoms with Gasteiger partial charge in [-0.15, -0.1) is 0 Å². The fraction of sp³-hybridized carbons (Fsp3) is 0.556. The lowest BCUT2D eigenvalue weighted by atomic mass is 9.88. The van der Waals surface area contributed by atoms with Gasteiger partial charge in [0, 0.05) is 26.1 Å². The maximum Gasteiger partial charge on any atom is 0.226 e. The van der Waals surface area contributed by atoms with Gasteiger partial charge in [-0.2, -0.15) is 0 Å². The van der Waals surface area contributed by atoms with Crippen LogP contribution < -0.4 is 5.32 Å². The number of aliphatic hydroxyl groups is 1. The predicted molar refractivity (Wildman–Crippen MR) is 86.8 cm³/mol. The molecule has 0 aromatic heterocycles. The first-order valence-corrected chi connectivity index (χ1v) is 8.29. The highest BCUT2D eigenvalue weighted by molar-refractivity contribution is 5.81. The van der Waals surface area contributed by atoms with Crippen LogP contribution in [0.4, 0.5) is 0 Å². The molecule has 3 rings (SSSR count). The summed E-state index contributed by atoms with van der Waals surface area (Å²) in [6, 6.07) is 8.19. The molecular weight excluding hydrogens is 292 g/mol. The first kappa shape index (κ1) is 16.0. The highest BCUT2D eigenvalue weighted by Gasteiger charge is 2.39. The minimum absolute atomic E-state index is 0.0326. The predicted octanol–water partition coefficient (Wildman–Crippen LogP) is 0.891. The van der Waals surface area contributed by atoms with Crippen LogP contribution in [0, 0.1) is 5.92 Å². The molecule has 1 heterocycles. The monoisotopic (exact) mass is 316 g/mol. The third-order valence-corrected chi connectivity index (χ3v) is 5.04. The standard InChI is InChI=1S/C18H24N2O3/c1-19-16(21)11-18(23)7-4-8-20(12-18)17(22)15-9-13-5-2-3-6-14(13)10-15/h2-3,5-6,15,23H,4,7-12H2,1H3,(H,19,21). The van der Waals surface area contributed by atoms with E-state index in [4.69, 9.17) is 0 Å². The highest BCUT2D eigenvalue weighted by atomic mass is 16.3. The number of carbonyl (C=O) groups excluding carboxylic acids is 2. The molecule has 1 fully saturated rings. The van der Waals surface area contributed by atoms with Gasteiger partial charge in [0.05, 0.1) is 12.0 Å². The summed E-state index contributed by atoms with van der Waals surface area (Å²) in [6.45, 7) is 0.924. The molecule has 0 bridgehead atoms. The van der Waals surface area contributed by atoms with Crippen LogP contribution in [0.3, 0.4) is 0 Å². The van der Waals surface area contributed by atoms with Gasteiger partial charge in [0.15, 0.2) is 0 Å². The lowest BCUT2D eigenvalue weighted by Crippen LogP contribution is -2.53. The number of likely N-dealkylation sites (tertiary alicyclic amines) is 1. The van der Waals surface area contributed by atoms with Crippen LogP contribution in [0.2, 0.25) is 0 Å². The molecule has 5 heteroatoms. The number of piperidine rings is 1. The molecule has 124 valence electrons. The summed E-state index contributed by atoms with van der Waals surface area (Å²) in [5.74, 6) is -0.110. The van der Waals surface area contributed by atoms with E-state index in [1.807, 2.05) is 12.1 Å². The summed E-state index contributed by atoms with van der Waals surface area (Å²) in [6.07, 6.45) is 2.91. The summed E-state index contributed by atoms with van der Waals surface area (Å²) in [5.41, 5.74) is 1.41. The van der Waals surface area contributed by atoms with Crippen LogP contribution in [-0.4, -0.2) is 47.6 Å². The van der Waals surface area contributed by atoms with Gasteiger partial charge in [-0.1, -0.05) is 24.3 Å². The molecule has 5 nitrogen and oxygen atoms in total. The van der Waals surface area contributed by atoms with Gasteiger partial charge in [0.2, 0.25) is 11.8 Å². The number of hydrogen-bond acceptors (Lipinski definition) is 3. The number of nitrogens with one attached hydrogen (secondary N) is 1. The molecule has 1 aromatic carbocycles. The molecule has 1 saturated heterocycles. The molecule has 2 aliphatic rings. The Kier molecular flexibility index (Phi) is 4.39. The van der Waals surface area contributed by atoms with Gasteiger partial charge in [0.1, 0.15) is 0 Å². The van der Waals surface area contributed by atoms with Crippen LogP contribution >= 0.6 is 0 Å². The Balaban J connectivity index is 1.65. The van der Waals surface area contributed by atoms with Gasteiger partial charge in [-0.25, -0.2) is 0 Å². The van der Waals surface area contributed by atoms with Crippen LogP contribution in [0.1, 0.15) is 30.4 Å². The van der Waals surface area contributed by atoms with Gasteiger partial charge in [-0.3, -0.25) is 9.59 Å². The smallest absolute Gasteiger partial charge is 0.226 e. The summed E-state index contributed by atoms with van der Waals surface area (Å²) >= 11 is 0. The van der Waals surface area contributed by atoms with E-state index in [0.29, 0.717) is 13.0 Å². The number of benzene rings is 1. The zero-order valence-corrected chi connectivity index (χ0v) is 13.5. The fourth-order valence-corrected chi connectivity index (χ4v) is 3.82. The van der Waals surface area contributed by atoms with Crippen molar-refractivity contribution in [2.45, 2.75) is 37.7 Å². The second-order valence-electron chi connectivity index (χ2n) is 6.81. The summed E-state index contributed by atoms with van der Waals surface area (Å²) < 4.78 is 0. The van der Waals surface area contributed by atoms with E-state index in [9.17, 15) is 14.7 Å². The fourth-order valence-electron chi connectivity index (χ4n) is 3.82. The molecular formula is C18H24N2O3. The molecule has 0 saturated carbocycles. The average molecular weight is 316 g/mol. The van der Waals surface area contributed by atoms with Crippen molar-refractivity contribution in [3.63, 3.8) is 0 Å². The van der Waals surface area contributed by atoms with Gasteiger partial charge >= 0.3 is 0 Å². The normalized spacial score (nSPS) is 24.3. The van der Waals surface area contributed by atoms with E-state index < -0.39 is 5.60 Å². The van der Waals surface area contributed by atoms with Crippen molar-refractivity contribution < 1.29 is 14.7 Å². The Morgan fingerprint density at radius 2 is 1.96 bits per heavy atom. The molecule has 2 N–H and O–H groups in total. The maximum absolute atomic E-state index is 12.8. The molecule has 0 radical (unpaired) electrons. The van der Waals surface area contributed by atoms with Gasteiger partial charge in [0.25, 0.3) is 0 Å². The number of β-amino-alcohol motifs (C(OH)–C–C–N with tert-alkyl or cyclic N) is 1. The summed E-state index contributed by atoms with van der Waals surface area (Å²) in [5, 5.41) is 13.2. The van der Waals surface area contributed by atoms with Gasteiger partial charge in [-0.05, 0) is 36.8 Å². The SMILES string of the molecule is CNC(=O)CC1(O)CCCN(C(=O)C2Cc3ccccc3C2)C1. The number of carbonyl (C=O) groups is 2. The van der Waals surface area contributed by atoms with E-state index in [-0.39, 0.29) is 30.7 Å². The number of fused-ring (bicyclic) bond motifs is 1. The molecule has 1 atom stereocenters. The first-order valence-electron chi connectivity index (χ1n) is 8.29. The summed E-state index contributed by atoms with van der Waals surface area (Å²) in [4.78, 5) is 26.2. The van der Waals surface area contributed by atoms with E-state index in [1.54, 1.807) is 11.9 Å². The zero-order chi connectivity index (χ0) is 16.4. The molecule has 23 heavy (non-hydrogen) atoms. The third-order valence-electron chi connectivity index (χ3n) is 5.04. The number of nitrogens with zero attached hydrogens (tertiary/aromatic N) is 1. The second kappa shape index (κ2) is 6.32. The second-order valence-corrected chi connectivity index (χ2v) is 6.81. The van der Waals surface area contributed by atoms with E-state index in [2.05, 4.69) is 17.4 Å².